The van der Waals surface area contributed by atoms with E-state index in [0.29, 0.717) is 25.2 Å². The highest BCUT2D eigenvalue weighted by atomic mass is 32.2. The van der Waals surface area contributed by atoms with E-state index in [1.807, 2.05) is 6.08 Å². The zero-order chi connectivity index (χ0) is 29.1. The average Bonchev–Trinajstić information content (AvgIpc) is 3.63. The predicted molar refractivity (Wildman–Crippen MR) is 119 cm³/mol. The normalized spacial score (nSPS) is 41.2. The molecule has 0 saturated heterocycles. The van der Waals surface area contributed by atoms with Gasteiger partial charge in [0.2, 0.25) is 0 Å². The Morgan fingerprint density at radius 1 is 0.590 bits per heavy atom. The van der Waals surface area contributed by atoms with Gasteiger partial charge in [-0.2, -0.15) is 52.0 Å². The molecule has 0 aliphatic heterocycles. The molecule has 0 spiro atoms. The molecule has 6 aliphatic carbocycles. The van der Waals surface area contributed by atoms with Crippen molar-refractivity contribution in [3.8, 4) is 0 Å². The van der Waals surface area contributed by atoms with Crippen molar-refractivity contribution >= 4 is 20.2 Å². The zero-order valence-electron chi connectivity index (χ0n) is 20.2. The molecule has 0 aromatic rings. The fraction of sp³-hybridized carbons (Fsp3) is 0.913. The van der Waals surface area contributed by atoms with Crippen LogP contribution in [-0.4, -0.2) is 48.3 Å². The lowest BCUT2D eigenvalue weighted by Gasteiger charge is -2.41. The van der Waals surface area contributed by atoms with Crippen molar-refractivity contribution in [1.82, 2.24) is 0 Å². The molecule has 0 aromatic heterocycles. The molecule has 224 valence electrons. The third kappa shape index (κ3) is 4.11. The molecule has 0 aromatic carbocycles. The molecule has 5 saturated carbocycles. The van der Waals surface area contributed by atoms with E-state index in [1.165, 1.54) is 0 Å². The topological polar surface area (TPSA) is 109 Å². The third-order valence-electron chi connectivity index (χ3n) is 10.4. The third-order valence-corrected chi connectivity index (χ3v) is 12.2. The summed E-state index contributed by atoms with van der Waals surface area (Å²) in [5.74, 6) is -13.2. The SMILES string of the molecule is O=S(=O)(O)C(F)(F)C(F)(F)C1CC2CC1C1C3C=CC(C3)C21.O=S(=O)(O)C(F)(F)C(F)(F)C1CC2CCC1C2. The standard InChI is InChI=1S/C14H16F4O3S.C9H12F4O3S/c15-13(16,14(17,18)22(19,20)21)10-5-8-4-9(10)12-7-2-1-6(3-7)11(8)12;10-8(11,9(12,13)17(14,15)16)7-4-5-1-2-6(7)3-5/h1-2,6-12H,3-5H2,(H,19,20,21);5-7H,1-4H2,(H,14,15,16). The van der Waals surface area contributed by atoms with Crippen molar-refractivity contribution in [2.75, 3.05) is 0 Å². The lowest BCUT2D eigenvalue weighted by molar-refractivity contribution is -0.208. The first-order chi connectivity index (χ1) is 17.6. The van der Waals surface area contributed by atoms with Crippen LogP contribution in [0.5, 0.6) is 0 Å². The number of hydrogen-bond acceptors (Lipinski definition) is 4. The molecule has 0 radical (unpaired) electrons. The molecule has 6 aliphatic rings. The van der Waals surface area contributed by atoms with Gasteiger partial charge in [-0.15, -0.1) is 0 Å². The van der Waals surface area contributed by atoms with Crippen LogP contribution >= 0.6 is 0 Å². The minimum absolute atomic E-state index is 0.0203. The molecule has 6 rings (SSSR count). The van der Waals surface area contributed by atoms with E-state index in [9.17, 15) is 52.0 Å². The fourth-order valence-corrected chi connectivity index (χ4v) is 9.89. The number of fused-ring (bicyclic) bond motifs is 11. The second kappa shape index (κ2) is 8.76. The van der Waals surface area contributed by atoms with Gasteiger partial charge in [-0.25, -0.2) is 0 Å². The molecule has 39 heavy (non-hydrogen) atoms. The molecule has 2 N–H and O–H groups in total. The number of hydrogen-bond donors (Lipinski definition) is 2. The summed E-state index contributed by atoms with van der Waals surface area (Å²) >= 11 is 0. The van der Waals surface area contributed by atoms with Gasteiger partial charge in [-0.05, 0) is 85.9 Å². The quantitative estimate of drug-likeness (QED) is 0.171. The van der Waals surface area contributed by atoms with Crippen molar-refractivity contribution in [3.05, 3.63) is 12.2 Å². The smallest absolute Gasteiger partial charge is 0.281 e. The molecule has 0 heterocycles. The maximum Gasteiger partial charge on any atom is 0.431 e. The fourth-order valence-electron chi connectivity index (χ4n) is 8.90. The summed E-state index contributed by atoms with van der Waals surface area (Å²) in [5, 5.41) is -10.8. The Morgan fingerprint density at radius 3 is 1.56 bits per heavy atom. The van der Waals surface area contributed by atoms with Crippen LogP contribution in [0.25, 0.3) is 0 Å². The number of halogens is 8. The van der Waals surface area contributed by atoms with Crippen LogP contribution in [0.15, 0.2) is 12.2 Å². The summed E-state index contributed by atoms with van der Waals surface area (Å²) in [6.07, 6.45) is 6.88. The van der Waals surface area contributed by atoms with Crippen LogP contribution in [0.1, 0.15) is 44.9 Å². The van der Waals surface area contributed by atoms with E-state index in [1.54, 1.807) is 0 Å². The monoisotopic (exact) mass is 616 g/mol. The van der Waals surface area contributed by atoms with E-state index in [0.717, 1.165) is 12.8 Å². The first kappa shape index (κ1) is 29.5. The molecule has 10 unspecified atom stereocenters. The van der Waals surface area contributed by atoms with Gasteiger partial charge in [0.15, 0.2) is 0 Å². The molecule has 10 atom stereocenters. The van der Waals surface area contributed by atoms with Crippen LogP contribution in [0.2, 0.25) is 0 Å². The lowest BCUT2D eigenvalue weighted by atomic mass is 9.68. The van der Waals surface area contributed by atoms with Crippen LogP contribution in [0.4, 0.5) is 35.1 Å². The molecular formula is C23H28F8O6S2. The summed E-state index contributed by atoms with van der Waals surface area (Å²) in [7, 11) is -12.2. The van der Waals surface area contributed by atoms with Crippen molar-refractivity contribution in [3.63, 3.8) is 0 Å². The Balaban J connectivity index is 0.000000164. The molecule has 16 heteroatoms. The van der Waals surface area contributed by atoms with Gasteiger partial charge >= 0.3 is 42.6 Å². The van der Waals surface area contributed by atoms with Crippen molar-refractivity contribution in [2.24, 2.45) is 59.2 Å². The van der Waals surface area contributed by atoms with Crippen molar-refractivity contribution < 1.29 is 61.1 Å². The highest BCUT2D eigenvalue weighted by Gasteiger charge is 2.75. The van der Waals surface area contributed by atoms with Gasteiger partial charge in [0, 0.05) is 11.8 Å². The van der Waals surface area contributed by atoms with Gasteiger partial charge < -0.3 is 0 Å². The van der Waals surface area contributed by atoms with Crippen LogP contribution in [-0.2, 0) is 20.2 Å². The highest BCUT2D eigenvalue weighted by Crippen LogP contribution is 2.70. The van der Waals surface area contributed by atoms with E-state index in [2.05, 4.69) is 6.08 Å². The number of rotatable bonds is 6. The van der Waals surface area contributed by atoms with Crippen LogP contribution < -0.4 is 0 Å². The largest absolute Gasteiger partial charge is 0.431 e. The molecule has 0 amide bonds. The van der Waals surface area contributed by atoms with Crippen LogP contribution in [0.3, 0.4) is 0 Å². The summed E-state index contributed by atoms with van der Waals surface area (Å²) < 4.78 is 168. The first-order valence-corrected chi connectivity index (χ1v) is 15.6. The number of allylic oxidation sites excluding steroid dienone is 2. The minimum atomic E-state index is -6.14. The van der Waals surface area contributed by atoms with Gasteiger partial charge in [-0.3, -0.25) is 9.11 Å². The Labute approximate surface area is 220 Å². The molecule has 6 bridgehead atoms. The molecular weight excluding hydrogens is 588 g/mol. The lowest BCUT2D eigenvalue weighted by Crippen LogP contribution is -2.54. The summed E-state index contributed by atoms with van der Waals surface area (Å²) in [4.78, 5) is 0. The summed E-state index contributed by atoms with van der Waals surface area (Å²) in [6.45, 7) is 0. The van der Waals surface area contributed by atoms with E-state index < -0.39 is 66.3 Å². The predicted octanol–water partition coefficient (Wildman–Crippen LogP) is 5.74. The van der Waals surface area contributed by atoms with Crippen LogP contribution in [0, 0.1) is 59.2 Å². The van der Waals surface area contributed by atoms with Gasteiger partial charge in [-0.1, -0.05) is 18.6 Å². The zero-order valence-corrected chi connectivity index (χ0v) is 21.9. The number of alkyl halides is 8. The van der Waals surface area contributed by atoms with Gasteiger partial charge in [0.05, 0.1) is 0 Å². The summed E-state index contributed by atoms with van der Waals surface area (Å²) in [6, 6.07) is 0. The Kier molecular flexibility index (Phi) is 6.62. The van der Waals surface area contributed by atoms with Crippen molar-refractivity contribution in [1.29, 1.82) is 0 Å². The Morgan fingerprint density at radius 2 is 1.10 bits per heavy atom. The van der Waals surface area contributed by atoms with E-state index >= 15 is 0 Å². The molecule has 6 nitrogen and oxygen atoms in total. The summed E-state index contributed by atoms with van der Waals surface area (Å²) in [5.41, 5.74) is 0. The highest BCUT2D eigenvalue weighted by molar-refractivity contribution is 7.87. The Bertz CT molecular complexity index is 1250. The van der Waals surface area contributed by atoms with Gasteiger partial charge in [0.25, 0.3) is 0 Å². The second-order valence-corrected chi connectivity index (χ2v) is 15.0. The molecule has 5 fully saturated rings. The van der Waals surface area contributed by atoms with E-state index in [4.69, 9.17) is 9.11 Å². The Hall–Kier alpha value is -1.00. The first-order valence-electron chi connectivity index (χ1n) is 12.8. The minimum Gasteiger partial charge on any atom is -0.281 e. The second-order valence-electron chi connectivity index (χ2n) is 12.1. The average molecular weight is 617 g/mol. The van der Waals surface area contributed by atoms with E-state index in [-0.39, 0.29) is 42.4 Å². The van der Waals surface area contributed by atoms with Crippen molar-refractivity contribution in [2.45, 2.75) is 67.3 Å². The maximum atomic E-state index is 14.3. The maximum absolute atomic E-state index is 14.3. The van der Waals surface area contributed by atoms with Gasteiger partial charge in [0.1, 0.15) is 0 Å².